The second kappa shape index (κ2) is 5.08. The molecule has 1 aromatic rings. The van der Waals surface area contributed by atoms with Crippen LogP contribution in [-0.2, 0) is 12.6 Å². The molecule has 0 heterocycles. The Morgan fingerprint density at radius 3 is 1.82 bits per heavy atom. The van der Waals surface area contributed by atoms with E-state index < -0.39 is 11.7 Å². The minimum absolute atomic E-state index is 0.320. The summed E-state index contributed by atoms with van der Waals surface area (Å²) in [4.78, 5) is 0. The normalized spacial score (nSPS) is 12.8. The van der Waals surface area contributed by atoms with Crippen LogP contribution in [0.4, 0.5) is 13.2 Å². The van der Waals surface area contributed by atoms with E-state index in [2.05, 4.69) is 0 Å². The fourth-order valence-electron chi connectivity index (χ4n) is 1.72. The van der Waals surface area contributed by atoms with E-state index in [1.807, 2.05) is 13.8 Å². The zero-order chi connectivity index (χ0) is 13.1. The van der Waals surface area contributed by atoms with Crippen LogP contribution in [0.1, 0.15) is 37.8 Å². The third-order valence-corrected chi connectivity index (χ3v) is 3.25. The predicted molar refractivity (Wildman–Crippen MR) is 62.6 cm³/mol. The summed E-state index contributed by atoms with van der Waals surface area (Å²) in [5, 5.41) is 0. The van der Waals surface area contributed by atoms with Crippen LogP contribution in [-0.4, -0.2) is 5.54 Å². The summed E-state index contributed by atoms with van der Waals surface area (Å²) in [5.41, 5.74) is 6.05. The molecular formula is C13H18F3N. The summed E-state index contributed by atoms with van der Waals surface area (Å²) in [6.07, 6.45) is -2.04. The Balaban J connectivity index is 2.82. The van der Waals surface area contributed by atoms with Crippen molar-refractivity contribution in [2.24, 2.45) is 5.73 Å². The fourth-order valence-corrected chi connectivity index (χ4v) is 1.72. The number of hydrogen-bond acceptors (Lipinski definition) is 1. The molecule has 2 N–H and O–H groups in total. The highest BCUT2D eigenvalue weighted by Gasteiger charge is 2.30. The molecule has 0 saturated heterocycles. The van der Waals surface area contributed by atoms with Gasteiger partial charge in [0, 0.05) is 5.54 Å². The monoisotopic (exact) mass is 245 g/mol. The van der Waals surface area contributed by atoms with Crippen molar-refractivity contribution in [3.8, 4) is 0 Å². The second-order valence-electron chi connectivity index (χ2n) is 4.44. The summed E-state index contributed by atoms with van der Waals surface area (Å²) >= 11 is 0. The number of halogens is 3. The van der Waals surface area contributed by atoms with Crippen LogP contribution in [0.15, 0.2) is 24.3 Å². The van der Waals surface area contributed by atoms with Crippen LogP contribution in [0.5, 0.6) is 0 Å². The molecule has 1 aromatic carbocycles. The minimum Gasteiger partial charge on any atom is -0.325 e. The van der Waals surface area contributed by atoms with Gasteiger partial charge in [-0.25, -0.2) is 0 Å². The van der Waals surface area contributed by atoms with Crippen LogP contribution in [0, 0.1) is 0 Å². The number of alkyl halides is 3. The van der Waals surface area contributed by atoms with Crippen molar-refractivity contribution in [3.05, 3.63) is 35.4 Å². The van der Waals surface area contributed by atoms with Crippen molar-refractivity contribution >= 4 is 0 Å². The lowest BCUT2D eigenvalue weighted by atomic mass is 9.87. The van der Waals surface area contributed by atoms with Crippen LogP contribution in [0.3, 0.4) is 0 Å². The van der Waals surface area contributed by atoms with Crippen molar-refractivity contribution in [2.45, 2.75) is 44.8 Å². The summed E-state index contributed by atoms with van der Waals surface area (Å²) in [6, 6.07) is 5.24. The summed E-state index contributed by atoms with van der Waals surface area (Å²) in [6.45, 7) is 3.99. The van der Waals surface area contributed by atoms with E-state index in [0.29, 0.717) is 6.42 Å². The van der Waals surface area contributed by atoms with Crippen molar-refractivity contribution in [1.29, 1.82) is 0 Å². The van der Waals surface area contributed by atoms with Crippen LogP contribution in [0.25, 0.3) is 0 Å². The molecule has 0 spiro atoms. The molecule has 0 saturated carbocycles. The molecule has 0 aliphatic rings. The number of rotatable bonds is 4. The number of nitrogens with two attached hydrogens (primary N) is 1. The van der Waals surface area contributed by atoms with Gasteiger partial charge in [-0.15, -0.1) is 0 Å². The van der Waals surface area contributed by atoms with E-state index in [1.54, 1.807) is 0 Å². The first-order valence-corrected chi connectivity index (χ1v) is 5.76. The van der Waals surface area contributed by atoms with Crippen molar-refractivity contribution < 1.29 is 13.2 Å². The molecule has 4 heteroatoms. The molecule has 0 aliphatic heterocycles. The molecule has 0 amide bonds. The number of benzene rings is 1. The molecule has 0 atom stereocenters. The van der Waals surface area contributed by atoms with Gasteiger partial charge < -0.3 is 5.73 Å². The van der Waals surface area contributed by atoms with Gasteiger partial charge in [-0.1, -0.05) is 26.0 Å². The third kappa shape index (κ3) is 3.73. The first-order chi connectivity index (χ1) is 7.80. The Hall–Kier alpha value is -1.03. The topological polar surface area (TPSA) is 26.0 Å². The summed E-state index contributed by atoms with van der Waals surface area (Å²) < 4.78 is 37.1. The molecule has 0 bridgehead atoms. The van der Waals surface area contributed by atoms with E-state index in [0.717, 1.165) is 30.5 Å². The van der Waals surface area contributed by atoms with Crippen LogP contribution >= 0.6 is 0 Å². The van der Waals surface area contributed by atoms with Gasteiger partial charge in [0.1, 0.15) is 0 Å². The Morgan fingerprint density at radius 2 is 1.47 bits per heavy atom. The highest BCUT2D eigenvalue weighted by Crippen LogP contribution is 2.29. The molecule has 96 valence electrons. The summed E-state index contributed by atoms with van der Waals surface area (Å²) in [7, 11) is 0. The van der Waals surface area contributed by atoms with E-state index >= 15 is 0 Å². The van der Waals surface area contributed by atoms with Crippen molar-refractivity contribution in [2.75, 3.05) is 0 Å². The maximum atomic E-state index is 12.4. The SMILES string of the molecule is CCC(N)(CC)Cc1ccc(C(F)(F)F)cc1. The zero-order valence-corrected chi connectivity index (χ0v) is 10.1. The smallest absolute Gasteiger partial charge is 0.325 e. The van der Waals surface area contributed by atoms with Crippen LogP contribution in [0.2, 0.25) is 0 Å². The minimum atomic E-state index is -4.27. The van der Waals surface area contributed by atoms with E-state index in [1.165, 1.54) is 12.1 Å². The Bertz CT molecular complexity index is 350. The fraction of sp³-hybridized carbons (Fsp3) is 0.538. The molecule has 1 rings (SSSR count). The molecule has 0 radical (unpaired) electrons. The molecule has 0 aliphatic carbocycles. The van der Waals surface area contributed by atoms with Gasteiger partial charge in [-0.2, -0.15) is 13.2 Å². The Morgan fingerprint density at radius 1 is 1.00 bits per heavy atom. The zero-order valence-electron chi connectivity index (χ0n) is 10.1. The van der Waals surface area contributed by atoms with Gasteiger partial charge in [-0.05, 0) is 37.0 Å². The molecule has 1 nitrogen and oxygen atoms in total. The molecule has 0 aromatic heterocycles. The maximum absolute atomic E-state index is 12.4. The second-order valence-corrected chi connectivity index (χ2v) is 4.44. The Kier molecular flexibility index (Phi) is 4.20. The first-order valence-electron chi connectivity index (χ1n) is 5.76. The lowest BCUT2D eigenvalue weighted by molar-refractivity contribution is -0.137. The van der Waals surface area contributed by atoms with Crippen molar-refractivity contribution in [1.82, 2.24) is 0 Å². The van der Waals surface area contributed by atoms with Gasteiger partial charge in [0.2, 0.25) is 0 Å². The Labute approximate surface area is 99.8 Å². The lowest BCUT2D eigenvalue weighted by Crippen LogP contribution is -2.40. The van der Waals surface area contributed by atoms with E-state index in [4.69, 9.17) is 5.73 Å². The van der Waals surface area contributed by atoms with Gasteiger partial charge in [0.15, 0.2) is 0 Å². The lowest BCUT2D eigenvalue weighted by Gasteiger charge is -2.26. The van der Waals surface area contributed by atoms with Crippen molar-refractivity contribution in [3.63, 3.8) is 0 Å². The molecule has 0 unspecified atom stereocenters. The van der Waals surface area contributed by atoms with Gasteiger partial charge in [0.25, 0.3) is 0 Å². The van der Waals surface area contributed by atoms with Crippen LogP contribution < -0.4 is 5.73 Å². The standard InChI is InChI=1S/C13H18F3N/c1-3-12(17,4-2)9-10-5-7-11(8-6-10)13(14,15)16/h5-8H,3-4,9,17H2,1-2H3. The number of hydrogen-bond donors (Lipinski definition) is 1. The average molecular weight is 245 g/mol. The predicted octanol–water partition coefficient (Wildman–Crippen LogP) is 3.77. The van der Waals surface area contributed by atoms with E-state index in [-0.39, 0.29) is 5.54 Å². The third-order valence-electron chi connectivity index (χ3n) is 3.25. The maximum Gasteiger partial charge on any atom is 0.416 e. The summed E-state index contributed by atoms with van der Waals surface area (Å²) in [5.74, 6) is 0. The molecule has 0 fully saturated rings. The highest BCUT2D eigenvalue weighted by molar-refractivity contribution is 5.25. The average Bonchev–Trinajstić information content (AvgIpc) is 2.28. The molecular weight excluding hydrogens is 227 g/mol. The highest BCUT2D eigenvalue weighted by atomic mass is 19.4. The molecule has 17 heavy (non-hydrogen) atoms. The van der Waals surface area contributed by atoms with Gasteiger partial charge in [0.05, 0.1) is 5.56 Å². The largest absolute Gasteiger partial charge is 0.416 e. The van der Waals surface area contributed by atoms with Gasteiger partial charge >= 0.3 is 6.18 Å². The van der Waals surface area contributed by atoms with E-state index in [9.17, 15) is 13.2 Å². The first kappa shape index (κ1) is 14.0. The quantitative estimate of drug-likeness (QED) is 0.858. The van der Waals surface area contributed by atoms with Gasteiger partial charge in [-0.3, -0.25) is 0 Å².